The summed E-state index contributed by atoms with van der Waals surface area (Å²) in [6.45, 7) is 3.42. The Morgan fingerprint density at radius 2 is 2.08 bits per heavy atom. The number of aromatic hydroxyl groups is 2. The molecular weight excluding hydrogens is 168 g/mol. The zero-order valence-corrected chi connectivity index (χ0v) is 7.66. The summed E-state index contributed by atoms with van der Waals surface area (Å²) in [5, 5.41) is 18.9. The van der Waals surface area contributed by atoms with Crippen LogP contribution in [-0.4, -0.2) is 16.5 Å². The first-order valence-corrected chi connectivity index (χ1v) is 4.11. The Balaban J connectivity index is 3.47. The van der Waals surface area contributed by atoms with Crippen molar-refractivity contribution in [3.63, 3.8) is 0 Å². The lowest BCUT2D eigenvalue weighted by Crippen LogP contribution is -1.93. The van der Waals surface area contributed by atoms with Crippen LogP contribution in [0.25, 0.3) is 0 Å². The lowest BCUT2D eigenvalue weighted by atomic mass is 10.0. The van der Waals surface area contributed by atoms with Gasteiger partial charge in [-0.1, -0.05) is 6.92 Å². The fraction of sp³-hybridized carbons (Fsp3) is 0.300. The maximum Gasteiger partial charge on any atom is 0.154 e. The lowest BCUT2D eigenvalue weighted by Gasteiger charge is -2.08. The van der Waals surface area contributed by atoms with Gasteiger partial charge in [-0.25, -0.2) is 0 Å². The SMILES string of the molecule is CCc1cc(O)c(C)c(O)c1C=O. The second-order valence-electron chi connectivity index (χ2n) is 2.91. The van der Waals surface area contributed by atoms with Crippen molar-refractivity contribution in [2.75, 3.05) is 0 Å². The molecule has 1 aromatic rings. The Hall–Kier alpha value is -1.51. The molecule has 0 heterocycles. The fourth-order valence-corrected chi connectivity index (χ4v) is 1.25. The van der Waals surface area contributed by atoms with Gasteiger partial charge in [0.25, 0.3) is 0 Å². The van der Waals surface area contributed by atoms with E-state index in [-0.39, 0.29) is 17.1 Å². The van der Waals surface area contributed by atoms with Gasteiger partial charge >= 0.3 is 0 Å². The van der Waals surface area contributed by atoms with Crippen molar-refractivity contribution in [2.24, 2.45) is 0 Å². The van der Waals surface area contributed by atoms with Crippen LogP contribution in [0.5, 0.6) is 11.5 Å². The van der Waals surface area contributed by atoms with Crippen molar-refractivity contribution in [2.45, 2.75) is 20.3 Å². The molecule has 3 nitrogen and oxygen atoms in total. The van der Waals surface area contributed by atoms with Gasteiger partial charge in [0.1, 0.15) is 11.5 Å². The molecule has 2 N–H and O–H groups in total. The number of aryl methyl sites for hydroxylation is 1. The molecule has 0 amide bonds. The first kappa shape index (κ1) is 9.58. The van der Waals surface area contributed by atoms with Crippen LogP contribution in [0.15, 0.2) is 6.07 Å². The second-order valence-corrected chi connectivity index (χ2v) is 2.91. The van der Waals surface area contributed by atoms with Gasteiger partial charge in [-0.15, -0.1) is 0 Å². The quantitative estimate of drug-likeness (QED) is 0.682. The van der Waals surface area contributed by atoms with Crippen LogP contribution in [0.1, 0.15) is 28.4 Å². The van der Waals surface area contributed by atoms with Gasteiger partial charge in [0, 0.05) is 5.56 Å². The molecule has 0 saturated heterocycles. The molecule has 0 bridgehead atoms. The zero-order chi connectivity index (χ0) is 10.0. The van der Waals surface area contributed by atoms with Crippen LogP contribution in [0.3, 0.4) is 0 Å². The molecule has 0 radical (unpaired) electrons. The van der Waals surface area contributed by atoms with E-state index in [2.05, 4.69) is 0 Å². The van der Waals surface area contributed by atoms with E-state index in [0.29, 0.717) is 23.8 Å². The smallest absolute Gasteiger partial charge is 0.154 e. The number of phenolic OH excluding ortho intramolecular Hbond substituents is 2. The molecule has 70 valence electrons. The molecule has 0 saturated carbocycles. The Bertz CT molecular complexity index is 343. The summed E-state index contributed by atoms with van der Waals surface area (Å²) < 4.78 is 0. The monoisotopic (exact) mass is 180 g/mol. The molecule has 0 aliphatic heterocycles. The third-order valence-electron chi connectivity index (χ3n) is 2.15. The summed E-state index contributed by atoms with van der Waals surface area (Å²) in [7, 11) is 0. The standard InChI is InChI=1S/C10H12O3/c1-3-7-4-9(12)6(2)10(13)8(7)5-11/h4-5,12-13H,3H2,1-2H3. The predicted molar refractivity (Wildman–Crippen MR) is 49.3 cm³/mol. The van der Waals surface area contributed by atoms with Crippen LogP contribution >= 0.6 is 0 Å². The predicted octanol–water partition coefficient (Wildman–Crippen LogP) is 1.78. The zero-order valence-electron chi connectivity index (χ0n) is 7.66. The Labute approximate surface area is 76.6 Å². The molecule has 0 aromatic heterocycles. The molecule has 0 atom stereocenters. The maximum absolute atomic E-state index is 10.6. The van der Waals surface area contributed by atoms with E-state index in [1.165, 1.54) is 6.07 Å². The van der Waals surface area contributed by atoms with Crippen LogP contribution in [0.4, 0.5) is 0 Å². The normalized spacial score (nSPS) is 10.0. The van der Waals surface area contributed by atoms with E-state index in [1.54, 1.807) is 6.92 Å². The minimum Gasteiger partial charge on any atom is -0.508 e. The molecule has 0 aliphatic rings. The number of aldehydes is 1. The van der Waals surface area contributed by atoms with E-state index < -0.39 is 0 Å². The minimum absolute atomic E-state index is 0.0277. The van der Waals surface area contributed by atoms with Crippen molar-refractivity contribution >= 4 is 6.29 Å². The van der Waals surface area contributed by atoms with E-state index >= 15 is 0 Å². The van der Waals surface area contributed by atoms with E-state index in [0.717, 1.165) is 0 Å². The van der Waals surface area contributed by atoms with Crippen molar-refractivity contribution < 1.29 is 15.0 Å². The maximum atomic E-state index is 10.6. The van der Waals surface area contributed by atoms with Gasteiger partial charge in [0.2, 0.25) is 0 Å². The molecule has 3 heteroatoms. The highest BCUT2D eigenvalue weighted by Gasteiger charge is 2.12. The highest BCUT2D eigenvalue weighted by molar-refractivity contribution is 5.83. The first-order valence-electron chi connectivity index (χ1n) is 4.11. The van der Waals surface area contributed by atoms with Gasteiger partial charge < -0.3 is 10.2 Å². The summed E-state index contributed by atoms with van der Waals surface area (Å²) in [5.41, 5.74) is 1.28. The Morgan fingerprint density at radius 1 is 1.46 bits per heavy atom. The van der Waals surface area contributed by atoms with E-state index in [1.807, 2.05) is 6.92 Å². The molecule has 0 aliphatic carbocycles. The number of hydrogen-bond donors (Lipinski definition) is 2. The topological polar surface area (TPSA) is 57.5 Å². The van der Waals surface area contributed by atoms with Gasteiger partial charge in [0.15, 0.2) is 6.29 Å². The van der Waals surface area contributed by atoms with Crippen LogP contribution < -0.4 is 0 Å². The van der Waals surface area contributed by atoms with Gasteiger partial charge in [-0.05, 0) is 25.0 Å². The van der Waals surface area contributed by atoms with E-state index in [4.69, 9.17) is 0 Å². The number of hydrogen-bond acceptors (Lipinski definition) is 3. The van der Waals surface area contributed by atoms with Crippen molar-refractivity contribution in [3.05, 3.63) is 22.8 Å². The number of rotatable bonds is 2. The molecule has 0 fully saturated rings. The molecular formula is C10H12O3. The molecule has 0 unspecified atom stereocenters. The summed E-state index contributed by atoms with van der Waals surface area (Å²) in [6, 6.07) is 1.51. The van der Waals surface area contributed by atoms with E-state index in [9.17, 15) is 15.0 Å². The molecule has 0 spiro atoms. The number of carbonyl (C=O) groups is 1. The highest BCUT2D eigenvalue weighted by Crippen LogP contribution is 2.31. The van der Waals surface area contributed by atoms with Crippen molar-refractivity contribution in [3.8, 4) is 11.5 Å². The van der Waals surface area contributed by atoms with Crippen molar-refractivity contribution in [1.82, 2.24) is 0 Å². The second kappa shape index (κ2) is 3.47. The van der Waals surface area contributed by atoms with Crippen LogP contribution in [0, 0.1) is 6.92 Å². The third kappa shape index (κ3) is 1.49. The fourth-order valence-electron chi connectivity index (χ4n) is 1.25. The average molecular weight is 180 g/mol. The highest BCUT2D eigenvalue weighted by atomic mass is 16.3. The Kier molecular flexibility index (Phi) is 2.56. The van der Waals surface area contributed by atoms with Crippen LogP contribution in [-0.2, 0) is 6.42 Å². The Morgan fingerprint density at radius 3 is 2.54 bits per heavy atom. The first-order chi connectivity index (χ1) is 6.11. The third-order valence-corrected chi connectivity index (χ3v) is 2.15. The summed E-state index contributed by atoms with van der Waals surface area (Å²) in [6.07, 6.45) is 1.22. The molecule has 13 heavy (non-hydrogen) atoms. The molecule has 1 aromatic carbocycles. The lowest BCUT2D eigenvalue weighted by molar-refractivity contribution is 0.112. The minimum atomic E-state index is -0.119. The van der Waals surface area contributed by atoms with Gasteiger partial charge in [-0.3, -0.25) is 4.79 Å². The van der Waals surface area contributed by atoms with Crippen molar-refractivity contribution in [1.29, 1.82) is 0 Å². The average Bonchev–Trinajstić information content (AvgIpc) is 2.13. The van der Waals surface area contributed by atoms with Gasteiger partial charge in [-0.2, -0.15) is 0 Å². The summed E-state index contributed by atoms with van der Waals surface area (Å²) >= 11 is 0. The summed E-state index contributed by atoms with van der Waals surface area (Å²) in [4.78, 5) is 10.6. The number of benzene rings is 1. The van der Waals surface area contributed by atoms with Crippen LogP contribution in [0.2, 0.25) is 0 Å². The number of carbonyl (C=O) groups excluding carboxylic acids is 1. The van der Waals surface area contributed by atoms with Gasteiger partial charge in [0.05, 0.1) is 5.56 Å². The molecule has 1 rings (SSSR count). The largest absolute Gasteiger partial charge is 0.508 e. The summed E-state index contributed by atoms with van der Waals surface area (Å²) in [5.74, 6) is -0.0909. The number of phenols is 2.